The zero-order valence-corrected chi connectivity index (χ0v) is 11.8. The molecule has 1 aromatic rings. The van der Waals surface area contributed by atoms with Crippen LogP contribution in [-0.4, -0.2) is 50.0 Å². The molecule has 110 valence electrons. The SMILES string of the molecule is CNC(=O)c1ccc(N2CC(CO)OCC2C)c(N)c1. The van der Waals surface area contributed by atoms with Gasteiger partial charge in [-0.05, 0) is 25.1 Å². The number of hydrogen-bond acceptors (Lipinski definition) is 5. The van der Waals surface area contributed by atoms with E-state index in [1.807, 2.05) is 13.0 Å². The van der Waals surface area contributed by atoms with Gasteiger partial charge in [0.1, 0.15) is 0 Å². The number of amides is 1. The van der Waals surface area contributed by atoms with Crippen LogP contribution in [0.4, 0.5) is 11.4 Å². The highest BCUT2D eigenvalue weighted by atomic mass is 16.5. The van der Waals surface area contributed by atoms with Gasteiger partial charge in [0.05, 0.1) is 30.7 Å². The van der Waals surface area contributed by atoms with E-state index in [1.54, 1.807) is 19.2 Å². The number of aliphatic hydroxyl groups excluding tert-OH is 1. The minimum Gasteiger partial charge on any atom is -0.397 e. The molecule has 2 atom stereocenters. The molecule has 1 aliphatic rings. The number of carbonyl (C=O) groups excluding carboxylic acids is 1. The van der Waals surface area contributed by atoms with Gasteiger partial charge in [-0.3, -0.25) is 4.79 Å². The molecule has 6 heteroatoms. The van der Waals surface area contributed by atoms with Gasteiger partial charge in [0.15, 0.2) is 0 Å². The third kappa shape index (κ3) is 2.86. The van der Waals surface area contributed by atoms with E-state index in [-0.39, 0.29) is 24.7 Å². The molecule has 0 bridgehead atoms. The zero-order valence-electron chi connectivity index (χ0n) is 11.8. The average Bonchev–Trinajstić information content (AvgIpc) is 2.47. The number of ether oxygens (including phenoxy) is 1. The molecular weight excluding hydrogens is 258 g/mol. The van der Waals surface area contributed by atoms with Crippen LogP contribution in [0, 0.1) is 0 Å². The Morgan fingerprint density at radius 1 is 1.60 bits per heavy atom. The maximum absolute atomic E-state index is 11.6. The molecule has 1 fully saturated rings. The van der Waals surface area contributed by atoms with E-state index in [0.717, 1.165) is 5.69 Å². The first-order valence-electron chi connectivity index (χ1n) is 6.67. The Balaban J connectivity index is 2.25. The second-order valence-electron chi connectivity index (χ2n) is 4.99. The molecule has 2 unspecified atom stereocenters. The van der Waals surface area contributed by atoms with Crippen molar-refractivity contribution in [3.05, 3.63) is 23.8 Å². The van der Waals surface area contributed by atoms with Crippen LogP contribution in [0.5, 0.6) is 0 Å². The third-order valence-corrected chi connectivity index (χ3v) is 3.54. The van der Waals surface area contributed by atoms with Crippen LogP contribution in [0.3, 0.4) is 0 Å². The van der Waals surface area contributed by atoms with Crippen molar-refractivity contribution in [2.24, 2.45) is 0 Å². The summed E-state index contributed by atoms with van der Waals surface area (Å²) in [6.45, 7) is 3.15. The summed E-state index contributed by atoms with van der Waals surface area (Å²) in [4.78, 5) is 13.7. The molecule has 1 heterocycles. The number of morpholine rings is 1. The van der Waals surface area contributed by atoms with E-state index in [2.05, 4.69) is 10.2 Å². The molecule has 20 heavy (non-hydrogen) atoms. The fourth-order valence-electron chi connectivity index (χ4n) is 2.37. The fourth-order valence-corrected chi connectivity index (χ4v) is 2.37. The summed E-state index contributed by atoms with van der Waals surface area (Å²) in [6, 6.07) is 5.44. The van der Waals surface area contributed by atoms with Gasteiger partial charge in [-0.15, -0.1) is 0 Å². The number of benzene rings is 1. The Kier molecular flexibility index (Phi) is 4.46. The van der Waals surface area contributed by atoms with E-state index < -0.39 is 0 Å². The lowest BCUT2D eigenvalue weighted by molar-refractivity contribution is -0.0102. The quantitative estimate of drug-likeness (QED) is 0.689. The van der Waals surface area contributed by atoms with Crippen molar-refractivity contribution in [3.63, 3.8) is 0 Å². The molecule has 2 rings (SSSR count). The second-order valence-corrected chi connectivity index (χ2v) is 4.99. The van der Waals surface area contributed by atoms with E-state index >= 15 is 0 Å². The smallest absolute Gasteiger partial charge is 0.251 e. The molecule has 1 aliphatic heterocycles. The van der Waals surface area contributed by atoms with Crippen LogP contribution in [0.1, 0.15) is 17.3 Å². The number of hydrogen-bond donors (Lipinski definition) is 3. The third-order valence-electron chi connectivity index (χ3n) is 3.54. The number of nitrogen functional groups attached to an aromatic ring is 1. The van der Waals surface area contributed by atoms with Gasteiger partial charge >= 0.3 is 0 Å². The monoisotopic (exact) mass is 279 g/mol. The summed E-state index contributed by atoms with van der Waals surface area (Å²) in [5, 5.41) is 11.8. The predicted octanol–water partition coefficient (Wildman–Crippen LogP) is 0.214. The van der Waals surface area contributed by atoms with Crippen molar-refractivity contribution in [2.45, 2.75) is 19.1 Å². The topological polar surface area (TPSA) is 87.8 Å². The summed E-state index contributed by atoms with van der Waals surface area (Å²) in [7, 11) is 1.59. The molecule has 0 saturated carbocycles. The lowest BCUT2D eigenvalue weighted by Gasteiger charge is -2.39. The van der Waals surface area contributed by atoms with Gasteiger partial charge in [0, 0.05) is 25.2 Å². The van der Waals surface area contributed by atoms with Crippen molar-refractivity contribution in [1.82, 2.24) is 5.32 Å². The van der Waals surface area contributed by atoms with E-state index in [1.165, 1.54) is 0 Å². The summed E-state index contributed by atoms with van der Waals surface area (Å²) >= 11 is 0. The molecule has 0 aliphatic carbocycles. The number of carbonyl (C=O) groups is 1. The van der Waals surface area contributed by atoms with E-state index in [9.17, 15) is 9.90 Å². The Morgan fingerprint density at radius 2 is 2.35 bits per heavy atom. The molecule has 6 nitrogen and oxygen atoms in total. The number of rotatable bonds is 3. The van der Waals surface area contributed by atoms with Crippen LogP contribution in [-0.2, 0) is 4.74 Å². The maximum Gasteiger partial charge on any atom is 0.251 e. The Labute approximate surface area is 118 Å². The van der Waals surface area contributed by atoms with Crippen molar-refractivity contribution >= 4 is 17.3 Å². The summed E-state index contributed by atoms with van der Waals surface area (Å²) in [5.41, 5.74) is 8.02. The highest BCUT2D eigenvalue weighted by molar-refractivity contribution is 5.96. The van der Waals surface area contributed by atoms with E-state index in [0.29, 0.717) is 24.4 Å². The lowest BCUT2D eigenvalue weighted by Crippen LogP contribution is -2.49. The standard InChI is InChI=1S/C14H21N3O3/c1-9-8-20-11(7-18)6-17(9)13-4-3-10(5-12(13)15)14(19)16-2/h3-5,9,11,18H,6-8,15H2,1-2H3,(H,16,19). The average molecular weight is 279 g/mol. The molecule has 0 radical (unpaired) electrons. The van der Waals surface area contributed by atoms with Crippen molar-refractivity contribution in [1.29, 1.82) is 0 Å². The Morgan fingerprint density at radius 3 is 2.95 bits per heavy atom. The van der Waals surface area contributed by atoms with Crippen molar-refractivity contribution in [2.75, 3.05) is 37.4 Å². The van der Waals surface area contributed by atoms with Crippen LogP contribution in [0.25, 0.3) is 0 Å². The number of nitrogens with one attached hydrogen (secondary N) is 1. The lowest BCUT2D eigenvalue weighted by atomic mass is 10.1. The fraction of sp³-hybridized carbons (Fsp3) is 0.500. The van der Waals surface area contributed by atoms with Gasteiger partial charge < -0.3 is 25.8 Å². The molecule has 4 N–H and O–H groups in total. The molecule has 1 aromatic carbocycles. The number of nitrogens with two attached hydrogens (primary N) is 1. The van der Waals surface area contributed by atoms with Crippen LogP contribution in [0.15, 0.2) is 18.2 Å². The van der Waals surface area contributed by atoms with Gasteiger partial charge in [0.2, 0.25) is 0 Å². The number of nitrogens with zero attached hydrogens (tertiary/aromatic N) is 1. The Bertz CT molecular complexity index is 493. The minimum absolute atomic E-state index is 0.0144. The molecule has 0 spiro atoms. The van der Waals surface area contributed by atoms with Crippen LogP contribution in [0.2, 0.25) is 0 Å². The Hall–Kier alpha value is -1.79. The first kappa shape index (κ1) is 14.6. The minimum atomic E-state index is -0.204. The summed E-state index contributed by atoms with van der Waals surface area (Å²) < 4.78 is 5.51. The van der Waals surface area contributed by atoms with Gasteiger partial charge in [-0.25, -0.2) is 0 Å². The van der Waals surface area contributed by atoms with E-state index in [4.69, 9.17) is 10.5 Å². The second kappa shape index (κ2) is 6.11. The molecule has 1 amide bonds. The highest BCUT2D eigenvalue weighted by Gasteiger charge is 2.27. The largest absolute Gasteiger partial charge is 0.397 e. The van der Waals surface area contributed by atoms with Crippen molar-refractivity contribution in [3.8, 4) is 0 Å². The van der Waals surface area contributed by atoms with Crippen LogP contribution >= 0.6 is 0 Å². The van der Waals surface area contributed by atoms with Crippen LogP contribution < -0.4 is 16.0 Å². The first-order valence-corrected chi connectivity index (χ1v) is 6.67. The summed E-state index contributed by atoms with van der Waals surface area (Å²) in [6.07, 6.45) is -0.204. The predicted molar refractivity (Wildman–Crippen MR) is 77.9 cm³/mol. The summed E-state index contributed by atoms with van der Waals surface area (Å²) in [5.74, 6) is -0.161. The van der Waals surface area contributed by atoms with Gasteiger partial charge in [0.25, 0.3) is 5.91 Å². The van der Waals surface area contributed by atoms with Gasteiger partial charge in [-0.1, -0.05) is 0 Å². The maximum atomic E-state index is 11.6. The first-order chi connectivity index (χ1) is 9.56. The molecule has 0 aromatic heterocycles. The zero-order chi connectivity index (χ0) is 14.7. The number of aliphatic hydroxyl groups is 1. The number of anilines is 2. The van der Waals surface area contributed by atoms with Gasteiger partial charge in [-0.2, -0.15) is 0 Å². The normalized spacial score (nSPS) is 22.6. The highest BCUT2D eigenvalue weighted by Crippen LogP contribution is 2.28. The van der Waals surface area contributed by atoms with Crippen molar-refractivity contribution < 1.29 is 14.6 Å². The molecular formula is C14H21N3O3. The molecule has 1 saturated heterocycles.